The fourth-order valence-electron chi connectivity index (χ4n) is 2.77. The van der Waals surface area contributed by atoms with Gasteiger partial charge in [0.1, 0.15) is 5.01 Å². The van der Waals surface area contributed by atoms with Gasteiger partial charge in [-0.25, -0.2) is 9.98 Å². The highest BCUT2D eigenvalue weighted by atomic mass is 127. The van der Waals surface area contributed by atoms with Crippen molar-refractivity contribution in [3.05, 3.63) is 16.1 Å². The molecule has 0 saturated carbocycles. The maximum Gasteiger partial charge on any atom is 0.434 e. The molecule has 0 bridgehead atoms. The molecule has 0 atom stereocenters. The number of guanidine groups is 1. The van der Waals surface area contributed by atoms with Gasteiger partial charge in [0.25, 0.3) is 0 Å². The van der Waals surface area contributed by atoms with Crippen molar-refractivity contribution in [2.45, 2.75) is 45.0 Å². The van der Waals surface area contributed by atoms with E-state index in [9.17, 15) is 13.2 Å². The summed E-state index contributed by atoms with van der Waals surface area (Å²) in [6.45, 7) is 5.78. The second-order valence-corrected chi connectivity index (χ2v) is 7.14. The van der Waals surface area contributed by atoms with E-state index < -0.39 is 11.9 Å². The van der Waals surface area contributed by atoms with Crippen molar-refractivity contribution in [3.63, 3.8) is 0 Å². The van der Waals surface area contributed by atoms with Gasteiger partial charge in [-0.3, -0.25) is 0 Å². The summed E-state index contributed by atoms with van der Waals surface area (Å²) in [4.78, 5) is 10.2. The maximum atomic E-state index is 12.6. The molecule has 1 aromatic rings. The highest BCUT2D eigenvalue weighted by Gasteiger charge is 2.33. The number of rotatable bonds is 8. The average molecular weight is 536 g/mol. The number of hydrogen-bond donors (Lipinski definition) is 1. The van der Waals surface area contributed by atoms with Crippen LogP contribution in [-0.2, 0) is 22.2 Å². The molecule has 1 fully saturated rings. The number of aliphatic imine (C=N–C) groups is 1. The second kappa shape index (κ2) is 12.8. The second-order valence-electron chi connectivity index (χ2n) is 6.20. The molecule has 0 radical (unpaired) electrons. The summed E-state index contributed by atoms with van der Waals surface area (Å²) < 4.78 is 48.8. The van der Waals surface area contributed by atoms with Crippen LogP contribution in [-0.4, -0.2) is 61.9 Å². The van der Waals surface area contributed by atoms with Crippen LogP contribution in [0.4, 0.5) is 13.2 Å². The van der Waals surface area contributed by atoms with Crippen molar-refractivity contribution in [1.29, 1.82) is 0 Å². The molecule has 2 rings (SSSR count). The molecule has 0 amide bonds. The van der Waals surface area contributed by atoms with Gasteiger partial charge in [-0.1, -0.05) is 0 Å². The number of piperidine rings is 1. The van der Waals surface area contributed by atoms with Crippen LogP contribution in [0.3, 0.4) is 0 Å². The van der Waals surface area contributed by atoms with Gasteiger partial charge in [0.05, 0.1) is 12.6 Å². The van der Waals surface area contributed by atoms with E-state index in [1.165, 1.54) is 0 Å². The molecular formula is C17H28F3IN4O2S. The third kappa shape index (κ3) is 8.37. The predicted molar refractivity (Wildman–Crippen MR) is 114 cm³/mol. The lowest BCUT2D eigenvalue weighted by atomic mass is 10.1. The predicted octanol–water partition coefficient (Wildman–Crippen LogP) is 3.76. The van der Waals surface area contributed by atoms with Crippen LogP contribution >= 0.6 is 35.3 Å². The van der Waals surface area contributed by atoms with Gasteiger partial charge in [0.2, 0.25) is 0 Å². The van der Waals surface area contributed by atoms with Gasteiger partial charge in [-0.15, -0.1) is 35.3 Å². The standard InChI is InChI=1S/C17H27F3N4O2S.HI/c1-3-21-16(22-11-15-23-14(12-27-15)17(18,19)20)24-7-5-13(6-8-24)26-10-4-9-25-2;/h12-13H,3-11H2,1-2H3,(H,21,22);1H. The molecule has 0 spiro atoms. The largest absolute Gasteiger partial charge is 0.434 e. The lowest BCUT2D eigenvalue weighted by Crippen LogP contribution is -2.47. The third-order valence-corrected chi connectivity index (χ3v) is 4.96. The SMILES string of the molecule is CCNC(=NCc1nc(C(F)(F)F)cs1)N1CCC(OCCCOC)CC1.I. The summed E-state index contributed by atoms with van der Waals surface area (Å²) in [6.07, 6.45) is -1.50. The molecule has 0 unspecified atom stereocenters. The molecule has 1 aromatic heterocycles. The zero-order chi connectivity index (χ0) is 19.7. The molecule has 1 aliphatic rings. The molecule has 1 aliphatic heterocycles. The summed E-state index contributed by atoms with van der Waals surface area (Å²) in [7, 11) is 1.68. The van der Waals surface area contributed by atoms with Gasteiger partial charge in [-0.2, -0.15) is 13.2 Å². The van der Waals surface area contributed by atoms with Crippen molar-refractivity contribution >= 4 is 41.3 Å². The van der Waals surface area contributed by atoms with E-state index >= 15 is 0 Å². The van der Waals surface area contributed by atoms with Crippen LogP contribution in [0.15, 0.2) is 10.4 Å². The van der Waals surface area contributed by atoms with Gasteiger partial charge < -0.3 is 19.7 Å². The first kappa shape index (κ1) is 25.4. The van der Waals surface area contributed by atoms with Gasteiger partial charge in [-0.05, 0) is 26.2 Å². The number of alkyl halides is 3. The number of methoxy groups -OCH3 is 1. The van der Waals surface area contributed by atoms with Crippen LogP contribution in [0.25, 0.3) is 0 Å². The minimum Gasteiger partial charge on any atom is -0.385 e. The van der Waals surface area contributed by atoms with E-state index in [1.807, 2.05) is 6.92 Å². The molecule has 6 nitrogen and oxygen atoms in total. The average Bonchev–Trinajstić information content (AvgIpc) is 3.12. The van der Waals surface area contributed by atoms with Crippen molar-refractivity contribution in [2.75, 3.05) is 40.0 Å². The Morgan fingerprint density at radius 3 is 2.64 bits per heavy atom. The van der Waals surface area contributed by atoms with Crippen molar-refractivity contribution in [1.82, 2.24) is 15.2 Å². The van der Waals surface area contributed by atoms with Crippen LogP contribution in [0.1, 0.15) is 36.9 Å². The van der Waals surface area contributed by atoms with Gasteiger partial charge in [0, 0.05) is 45.3 Å². The van der Waals surface area contributed by atoms with Crippen molar-refractivity contribution < 1.29 is 22.6 Å². The minimum atomic E-state index is -4.41. The van der Waals surface area contributed by atoms with Gasteiger partial charge in [0.15, 0.2) is 11.7 Å². The molecule has 28 heavy (non-hydrogen) atoms. The summed E-state index contributed by atoms with van der Waals surface area (Å²) in [5, 5.41) is 4.60. The number of nitrogens with one attached hydrogen (secondary N) is 1. The Morgan fingerprint density at radius 1 is 1.36 bits per heavy atom. The molecular weight excluding hydrogens is 508 g/mol. The number of nitrogens with zero attached hydrogens (tertiary/aromatic N) is 3. The Hall–Kier alpha value is -0.660. The molecule has 1 saturated heterocycles. The monoisotopic (exact) mass is 536 g/mol. The van der Waals surface area contributed by atoms with Crippen LogP contribution in [0.2, 0.25) is 0 Å². The van der Waals surface area contributed by atoms with E-state index in [1.54, 1.807) is 7.11 Å². The Labute approximate surface area is 184 Å². The number of ether oxygens (including phenoxy) is 2. The number of likely N-dealkylation sites (tertiary alicyclic amines) is 1. The number of hydrogen-bond acceptors (Lipinski definition) is 5. The van der Waals surface area contributed by atoms with E-state index in [4.69, 9.17) is 9.47 Å². The number of halogens is 4. The summed E-state index contributed by atoms with van der Waals surface area (Å²) in [5.74, 6) is 0.707. The van der Waals surface area contributed by atoms with E-state index in [-0.39, 0.29) is 36.6 Å². The third-order valence-electron chi connectivity index (χ3n) is 4.13. The summed E-state index contributed by atoms with van der Waals surface area (Å²) in [6, 6.07) is 0. The lowest BCUT2D eigenvalue weighted by Gasteiger charge is -2.34. The van der Waals surface area contributed by atoms with E-state index in [2.05, 4.69) is 20.2 Å². The quantitative estimate of drug-likeness (QED) is 0.238. The molecule has 2 heterocycles. The molecule has 0 aromatic carbocycles. The van der Waals surface area contributed by atoms with Crippen LogP contribution in [0.5, 0.6) is 0 Å². The highest BCUT2D eigenvalue weighted by Crippen LogP contribution is 2.30. The smallest absolute Gasteiger partial charge is 0.385 e. The Morgan fingerprint density at radius 2 is 2.07 bits per heavy atom. The summed E-state index contributed by atoms with van der Waals surface area (Å²) in [5.41, 5.74) is -0.853. The highest BCUT2D eigenvalue weighted by molar-refractivity contribution is 14.0. The van der Waals surface area contributed by atoms with Crippen molar-refractivity contribution in [2.24, 2.45) is 4.99 Å². The van der Waals surface area contributed by atoms with Crippen LogP contribution in [0, 0.1) is 0 Å². The Bertz CT molecular complexity index is 593. The lowest BCUT2D eigenvalue weighted by molar-refractivity contribution is -0.140. The zero-order valence-corrected chi connectivity index (χ0v) is 19.3. The van der Waals surface area contributed by atoms with Crippen molar-refractivity contribution in [3.8, 4) is 0 Å². The first-order valence-electron chi connectivity index (χ1n) is 9.09. The fourth-order valence-corrected chi connectivity index (χ4v) is 3.49. The number of aromatic nitrogens is 1. The number of thiazole rings is 1. The van der Waals surface area contributed by atoms with E-state index in [0.29, 0.717) is 30.7 Å². The zero-order valence-electron chi connectivity index (χ0n) is 16.1. The molecule has 1 N–H and O–H groups in total. The fraction of sp³-hybridized carbons (Fsp3) is 0.765. The topological polar surface area (TPSA) is 59.0 Å². The van der Waals surface area contributed by atoms with E-state index in [0.717, 1.165) is 49.1 Å². The van der Waals surface area contributed by atoms with Gasteiger partial charge >= 0.3 is 6.18 Å². The molecule has 162 valence electrons. The Kier molecular flexibility index (Phi) is 11.6. The molecule has 0 aliphatic carbocycles. The Balaban J connectivity index is 0.00000392. The first-order chi connectivity index (χ1) is 12.9. The maximum absolute atomic E-state index is 12.6. The normalized spacial score (nSPS) is 16.2. The summed E-state index contributed by atoms with van der Waals surface area (Å²) >= 11 is 0.982. The van der Waals surface area contributed by atoms with Crippen LogP contribution < -0.4 is 5.32 Å². The first-order valence-corrected chi connectivity index (χ1v) is 9.97. The minimum absolute atomic E-state index is 0. The molecule has 11 heteroatoms.